The summed E-state index contributed by atoms with van der Waals surface area (Å²) in [5, 5.41) is 6.17. The first-order chi connectivity index (χ1) is 16.5. The van der Waals surface area contributed by atoms with Crippen LogP contribution in [-0.4, -0.2) is 78.7 Å². The number of carbonyl (C=O) groups excluding carboxylic acids is 1. The van der Waals surface area contributed by atoms with Crippen LogP contribution in [-0.2, 0) is 4.79 Å². The molecule has 182 valence electrons. The first-order valence-electron chi connectivity index (χ1n) is 10.1. The van der Waals surface area contributed by atoms with Gasteiger partial charge in [0.2, 0.25) is 12.3 Å². The van der Waals surface area contributed by atoms with Crippen LogP contribution >= 0.6 is 23.7 Å². The van der Waals surface area contributed by atoms with Crippen molar-refractivity contribution < 1.29 is 18.2 Å². The highest BCUT2D eigenvalue weighted by molar-refractivity contribution is 7.92. The standard InChI is InChI=1S/C16H12FN5O3S2.C5H14N2/c1-24-12-11(16(25-2)21-14-13(12)26-7-19-14)9-5-22(27-17)15-8(9)3-4-10(20-15)18-6-23;1-6-4-5-7(2)3/h3-7H,1-2H3,(H,18,20,23);6H,4-5H2,1-3H3. The summed E-state index contributed by atoms with van der Waals surface area (Å²) in [5.74, 6) is 1.16. The molecule has 13 heteroatoms. The van der Waals surface area contributed by atoms with Crippen molar-refractivity contribution in [3.8, 4) is 22.8 Å². The molecule has 0 spiro atoms. The third-order valence-corrected chi connectivity index (χ3v) is 6.02. The lowest BCUT2D eigenvalue weighted by molar-refractivity contribution is -0.105. The molecule has 0 aromatic carbocycles. The van der Waals surface area contributed by atoms with Crippen molar-refractivity contribution in [2.75, 3.05) is 53.8 Å². The van der Waals surface area contributed by atoms with Crippen molar-refractivity contribution >= 4 is 57.3 Å². The van der Waals surface area contributed by atoms with Gasteiger partial charge < -0.3 is 25.0 Å². The van der Waals surface area contributed by atoms with Gasteiger partial charge in [0.25, 0.3) is 0 Å². The fraction of sp³-hybridized carbons (Fsp3) is 0.333. The molecule has 0 atom stereocenters. The van der Waals surface area contributed by atoms with E-state index < -0.39 is 0 Å². The first kappa shape index (κ1) is 25.6. The lowest BCUT2D eigenvalue weighted by atomic mass is 10.1. The highest BCUT2D eigenvalue weighted by Crippen LogP contribution is 2.46. The molecule has 1 amide bonds. The van der Waals surface area contributed by atoms with Crippen molar-refractivity contribution in [1.29, 1.82) is 0 Å². The molecule has 2 N–H and O–H groups in total. The monoisotopic (exact) mass is 507 g/mol. The van der Waals surface area contributed by atoms with Crippen LogP contribution in [0, 0.1) is 0 Å². The molecule has 0 radical (unpaired) electrons. The molecule has 4 aromatic heterocycles. The summed E-state index contributed by atoms with van der Waals surface area (Å²) in [6.45, 7) is 2.20. The maximum absolute atomic E-state index is 13.5. The third kappa shape index (κ3) is 5.38. The number of pyridine rings is 2. The molecule has 0 unspecified atom stereocenters. The third-order valence-electron chi connectivity index (χ3n) is 4.78. The number of nitrogens with zero attached hydrogens (tertiary/aromatic N) is 5. The minimum absolute atomic E-state index is 0.000937. The number of methoxy groups -OCH3 is 2. The minimum atomic E-state index is -0.000937. The summed E-state index contributed by atoms with van der Waals surface area (Å²) in [6.07, 6.45) is 2.10. The largest absolute Gasteiger partial charge is 0.494 e. The molecule has 0 aliphatic carbocycles. The normalized spacial score (nSPS) is 10.9. The van der Waals surface area contributed by atoms with E-state index in [-0.39, 0.29) is 12.3 Å². The number of hydrogen-bond donors (Lipinski definition) is 2. The number of halogens is 1. The summed E-state index contributed by atoms with van der Waals surface area (Å²) in [5.41, 5.74) is 3.74. The Balaban J connectivity index is 0.000000406. The summed E-state index contributed by atoms with van der Waals surface area (Å²) in [7, 11) is 9.14. The van der Waals surface area contributed by atoms with E-state index in [0.717, 1.165) is 17.8 Å². The molecule has 4 aromatic rings. The van der Waals surface area contributed by atoms with E-state index in [1.54, 1.807) is 30.9 Å². The minimum Gasteiger partial charge on any atom is -0.494 e. The Kier molecular flexibility index (Phi) is 8.98. The Morgan fingerprint density at radius 3 is 2.65 bits per heavy atom. The van der Waals surface area contributed by atoms with Crippen LogP contribution in [0.4, 0.5) is 9.70 Å². The van der Waals surface area contributed by atoms with E-state index in [2.05, 4.69) is 44.6 Å². The second-order valence-corrected chi connectivity index (χ2v) is 8.59. The summed E-state index contributed by atoms with van der Waals surface area (Å²) in [4.78, 5) is 25.8. The summed E-state index contributed by atoms with van der Waals surface area (Å²) >= 11 is 1.39. The van der Waals surface area contributed by atoms with Crippen molar-refractivity contribution in [2.45, 2.75) is 0 Å². The summed E-state index contributed by atoms with van der Waals surface area (Å²) < 4.78 is 26.6. The lowest BCUT2D eigenvalue weighted by Gasteiger charge is -2.12. The second-order valence-electron chi connectivity index (χ2n) is 7.21. The predicted molar refractivity (Wildman–Crippen MR) is 136 cm³/mol. The quantitative estimate of drug-likeness (QED) is 0.330. The molecule has 0 saturated heterocycles. The zero-order valence-corrected chi connectivity index (χ0v) is 21.1. The van der Waals surface area contributed by atoms with Gasteiger partial charge in [0.05, 0.1) is 25.3 Å². The summed E-state index contributed by atoms with van der Waals surface area (Å²) in [6, 6.07) is 3.37. The van der Waals surface area contributed by atoms with Gasteiger partial charge in [0.15, 0.2) is 29.4 Å². The number of likely N-dealkylation sites (N-methyl/N-ethyl adjacent to an activating group) is 2. The predicted octanol–water partition coefficient (Wildman–Crippen LogP) is 3.44. The molecule has 0 aliphatic heterocycles. The van der Waals surface area contributed by atoms with E-state index >= 15 is 0 Å². The van der Waals surface area contributed by atoms with Crippen molar-refractivity contribution in [1.82, 2.24) is 29.1 Å². The number of fused-ring (bicyclic) bond motifs is 2. The van der Waals surface area contributed by atoms with Gasteiger partial charge in [-0.2, -0.15) is 4.98 Å². The molecular formula is C21H26FN7O3S2. The van der Waals surface area contributed by atoms with Crippen LogP contribution in [0.15, 0.2) is 23.8 Å². The number of rotatable bonds is 9. The van der Waals surface area contributed by atoms with Crippen molar-refractivity contribution in [3.05, 3.63) is 23.8 Å². The van der Waals surface area contributed by atoms with Crippen molar-refractivity contribution in [3.63, 3.8) is 0 Å². The number of aromatic nitrogens is 4. The van der Waals surface area contributed by atoms with Gasteiger partial charge in [0.1, 0.15) is 10.5 Å². The van der Waals surface area contributed by atoms with E-state index in [9.17, 15) is 8.68 Å². The van der Waals surface area contributed by atoms with E-state index in [1.165, 1.54) is 22.4 Å². The van der Waals surface area contributed by atoms with Gasteiger partial charge in [0, 0.05) is 30.2 Å². The Bertz CT molecular complexity index is 1260. The van der Waals surface area contributed by atoms with Gasteiger partial charge in [-0.05, 0) is 33.3 Å². The second kappa shape index (κ2) is 11.9. The average molecular weight is 508 g/mol. The SMILES string of the molecule is CNCCN(C)C.COc1nc2ncsc2c(OC)c1-c1cn(SF)c2nc(NC=O)ccc12. The van der Waals surface area contributed by atoms with Crippen molar-refractivity contribution in [2.24, 2.45) is 0 Å². The van der Waals surface area contributed by atoms with E-state index in [1.807, 2.05) is 7.05 Å². The maximum atomic E-state index is 13.5. The Labute approximate surface area is 204 Å². The molecule has 0 aliphatic rings. The molecule has 10 nitrogen and oxygen atoms in total. The molecule has 0 fully saturated rings. The topological polar surface area (TPSA) is 106 Å². The first-order valence-corrected chi connectivity index (χ1v) is 11.7. The Morgan fingerprint density at radius 2 is 2.06 bits per heavy atom. The van der Waals surface area contributed by atoms with E-state index in [0.29, 0.717) is 51.7 Å². The van der Waals surface area contributed by atoms with E-state index in [4.69, 9.17) is 9.47 Å². The number of anilines is 1. The van der Waals surface area contributed by atoms with Gasteiger partial charge in [-0.1, -0.05) is 0 Å². The maximum Gasteiger partial charge on any atom is 0.227 e. The van der Waals surface area contributed by atoms with Crippen LogP contribution in [0.25, 0.3) is 32.5 Å². The van der Waals surface area contributed by atoms with Crippen LogP contribution in [0.3, 0.4) is 0 Å². The van der Waals surface area contributed by atoms with Crippen LogP contribution < -0.4 is 20.1 Å². The van der Waals surface area contributed by atoms with Crippen LogP contribution in [0.2, 0.25) is 0 Å². The van der Waals surface area contributed by atoms with Crippen LogP contribution in [0.1, 0.15) is 0 Å². The Hall–Kier alpha value is -3.00. The molecular weight excluding hydrogens is 481 g/mol. The fourth-order valence-electron chi connectivity index (χ4n) is 3.22. The highest BCUT2D eigenvalue weighted by Gasteiger charge is 2.24. The molecule has 4 rings (SSSR count). The zero-order chi connectivity index (χ0) is 24.7. The van der Waals surface area contributed by atoms with Gasteiger partial charge >= 0.3 is 0 Å². The average Bonchev–Trinajstić information content (AvgIpc) is 3.46. The molecule has 0 saturated carbocycles. The number of amides is 1. The van der Waals surface area contributed by atoms with Gasteiger partial charge in [-0.25, -0.2) is 13.9 Å². The smallest absolute Gasteiger partial charge is 0.227 e. The zero-order valence-electron chi connectivity index (χ0n) is 19.5. The molecule has 4 heterocycles. The fourth-order valence-corrected chi connectivity index (χ4v) is 4.32. The van der Waals surface area contributed by atoms with Crippen LogP contribution in [0.5, 0.6) is 11.6 Å². The number of ether oxygens (including phenoxy) is 2. The highest BCUT2D eigenvalue weighted by atomic mass is 32.2. The number of thiazole rings is 1. The Morgan fingerprint density at radius 1 is 1.26 bits per heavy atom. The molecule has 0 bridgehead atoms. The molecule has 34 heavy (non-hydrogen) atoms. The lowest BCUT2D eigenvalue weighted by Crippen LogP contribution is -2.23. The number of nitrogens with one attached hydrogen (secondary N) is 2. The number of carbonyl (C=O) groups is 1. The van der Waals surface area contributed by atoms with Gasteiger partial charge in [-0.15, -0.1) is 15.2 Å². The van der Waals surface area contributed by atoms with Gasteiger partial charge in [-0.3, -0.25) is 4.79 Å². The number of hydrogen-bond acceptors (Lipinski definition) is 10.